The fourth-order valence-electron chi connectivity index (χ4n) is 3.83. The summed E-state index contributed by atoms with van der Waals surface area (Å²) in [5, 5.41) is 0.711. The van der Waals surface area contributed by atoms with Crippen molar-refractivity contribution < 1.29 is 4.79 Å². The van der Waals surface area contributed by atoms with E-state index in [1.165, 1.54) is 5.56 Å². The third kappa shape index (κ3) is 2.99. The number of benzene rings is 2. The van der Waals surface area contributed by atoms with Gasteiger partial charge >= 0.3 is 0 Å². The van der Waals surface area contributed by atoms with Crippen molar-refractivity contribution in [1.29, 1.82) is 0 Å². The fraction of sp³-hybridized carbons (Fsp3) is 0.261. The van der Waals surface area contributed by atoms with Crippen molar-refractivity contribution in [3.63, 3.8) is 0 Å². The first-order valence-electron chi connectivity index (χ1n) is 8.95. The van der Waals surface area contributed by atoms with Gasteiger partial charge < -0.3 is 4.57 Å². The molecule has 0 spiro atoms. The van der Waals surface area contributed by atoms with Crippen molar-refractivity contribution in [2.24, 2.45) is 5.41 Å². The summed E-state index contributed by atoms with van der Waals surface area (Å²) < 4.78 is 2.23. The number of hydrogen-bond donors (Lipinski definition) is 0. The molecule has 0 bridgehead atoms. The Morgan fingerprint density at radius 1 is 0.962 bits per heavy atom. The van der Waals surface area contributed by atoms with Crippen LogP contribution in [0.4, 0.5) is 0 Å². The Bertz CT molecular complexity index is 978. The van der Waals surface area contributed by atoms with Crippen LogP contribution in [0, 0.1) is 12.3 Å². The second-order valence-corrected chi connectivity index (χ2v) is 8.45. The average molecular weight is 364 g/mol. The number of ketones is 1. The van der Waals surface area contributed by atoms with Crippen LogP contribution in [0.25, 0.3) is 16.9 Å². The van der Waals surface area contributed by atoms with Crippen LogP contribution >= 0.6 is 11.6 Å². The van der Waals surface area contributed by atoms with Gasteiger partial charge in [0, 0.05) is 28.4 Å². The lowest BCUT2D eigenvalue weighted by atomic mass is 9.76. The minimum Gasteiger partial charge on any atom is -0.313 e. The van der Waals surface area contributed by atoms with Crippen molar-refractivity contribution in [1.82, 2.24) is 4.57 Å². The Balaban J connectivity index is 1.98. The first-order chi connectivity index (χ1) is 12.3. The zero-order valence-electron chi connectivity index (χ0n) is 15.3. The van der Waals surface area contributed by atoms with Gasteiger partial charge in [0.15, 0.2) is 5.78 Å². The van der Waals surface area contributed by atoms with Crippen LogP contribution in [-0.4, -0.2) is 10.4 Å². The molecule has 0 saturated carbocycles. The standard InChI is InChI=1S/C23H22ClNO/c1-15-4-6-16(7-5-15)20-12-19-21(13-23(2,3)14-22(19)26)25(20)18-10-8-17(24)9-11-18/h4-12H,13-14H2,1-3H3. The van der Waals surface area contributed by atoms with E-state index in [-0.39, 0.29) is 11.2 Å². The minimum absolute atomic E-state index is 0.0306. The molecule has 26 heavy (non-hydrogen) atoms. The maximum absolute atomic E-state index is 12.8. The molecule has 0 amide bonds. The molecule has 132 valence electrons. The van der Waals surface area contributed by atoms with Gasteiger partial charge in [0.25, 0.3) is 0 Å². The number of nitrogens with zero attached hydrogens (tertiary/aromatic N) is 1. The summed E-state index contributed by atoms with van der Waals surface area (Å²) >= 11 is 6.10. The number of aryl methyl sites for hydroxylation is 1. The SMILES string of the molecule is Cc1ccc(-c2cc3c(n2-c2ccc(Cl)cc2)CC(C)(C)CC3=O)cc1. The van der Waals surface area contributed by atoms with E-state index in [4.69, 9.17) is 11.6 Å². The van der Waals surface area contributed by atoms with Gasteiger partial charge in [-0.25, -0.2) is 0 Å². The first kappa shape index (κ1) is 17.1. The van der Waals surface area contributed by atoms with E-state index in [0.717, 1.165) is 34.6 Å². The molecule has 0 atom stereocenters. The highest BCUT2D eigenvalue weighted by Crippen LogP contribution is 2.40. The molecule has 0 unspecified atom stereocenters. The Labute approximate surface area is 159 Å². The second kappa shape index (κ2) is 6.14. The molecule has 0 radical (unpaired) electrons. The van der Waals surface area contributed by atoms with Gasteiger partial charge in [-0.2, -0.15) is 0 Å². The van der Waals surface area contributed by atoms with E-state index in [2.05, 4.69) is 55.7 Å². The van der Waals surface area contributed by atoms with Gasteiger partial charge in [-0.15, -0.1) is 0 Å². The summed E-state index contributed by atoms with van der Waals surface area (Å²) in [6.07, 6.45) is 1.47. The molecule has 1 heterocycles. The normalized spacial score (nSPS) is 15.8. The van der Waals surface area contributed by atoms with E-state index in [1.807, 2.05) is 24.3 Å². The first-order valence-corrected chi connectivity index (χ1v) is 9.33. The summed E-state index contributed by atoms with van der Waals surface area (Å²) in [7, 11) is 0. The lowest BCUT2D eigenvalue weighted by molar-refractivity contribution is 0.0911. The highest BCUT2D eigenvalue weighted by molar-refractivity contribution is 6.30. The number of aromatic nitrogens is 1. The minimum atomic E-state index is -0.0306. The number of hydrogen-bond acceptors (Lipinski definition) is 1. The monoisotopic (exact) mass is 363 g/mol. The van der Waals surface area contributed by atoms with Gasteiger partial charge in [-0.3, -0.25) is 4.79 Å². The van der Waals surface area contributed by atoms with Crippen molar-refractivity contribution in [3.8, 4) is 16.9 Å². The smallest absolute Gasteiger partial charge is 0.165 e. The van der Waals surface area contributed by atoms with Crippen LogP contribution in [-0.2, 0) is 6.42 Å². The fourth-order valence-corrected chi connectivity index (χ4v) is 3.96. The van der Waals surface area contributed by atoms with Crippen LogP contribution in [0.3, 0.4) is 0 Å². The summed E-state index contributed by atoms with van der Waals surface area (Å²) in [5.74, 6) is 0.234. The predicted octanol–water partition coefficient (Wildman–Crippen LogP) is 6.26. The van der Waals surface area contributed by atoms with E-state index < -0.39 is 0 Å². The molecule has 0 aliphatic heterocycles. The third-order valence-electron chi connectivity index (χ3n) is 5.12. The highest BCUT2D eigenvalue weighted by atomic mass is 35.5. The molecule has 0 saturated heterocycles. The zero-order valence-corrected chi connectivity index (χ0v) is 16.1. The summed E-state index contributed by atoms with van der Waals surface area (Å²) in [6, 6.07) is 18.4. The number of Topliss-reactive ketones (excluding diaryl/α,β-unsaturated/α-hetero) is 1. The molecular weight excluding hydrogens is 342 g/mol. The highest BCUT2D eigenvalue weighted by Gasteiger charge is 2.34. The number of halogens is 1. The average Bonchev–Trinajstić information content (AvgIpc) is 2.94. The zero-order chi connectivity index (χ0) is 18.5. The van der Waals surface area contributed by atoms with Crippen LogP contribution < -0.4 is 0 Å². The van der Waals surface area contributed by atoms with E-state index in [1.54, 1.807) is 0 Å². The van der Waals surface area contributed by atoms with Gasteiger partial charge in [0.1, 0.15) is 0 Å². The van der Waals surface area contributed by atoms with Crippen molar-refractivity contribution in [2.75, 3.05) is 0 Å². The van der Waals surface area contributed by atoms with E-state index in [0.29, 0.717) is 11.4 Å². The molecule has 4 rings (SSSR count). The molecule has 2 nitrogen and oxygen atoms in total. The van der Waals surface area contributed by atoms with E-state index in [9.17, 15) is 4.79 Å². The van der Waals surface area contributed by atoms with Crippen LogP contribution in [0.5, 0.6) is 0 Å². The van der Waals surface area contributed by atoms with Crippen molar-refractivity contribution in [2.45, 2.75) is 33.6 Å². The molecule has 3 aromatic rings. The Hall–Kier alpha value is -2.32. The lowest BCUT2D eigenvalue weighted by Gasteiger charge is -2.30. The topological polar surface area (TPSA) is 22.0 Å². The Morgan fingerprint density at radius 3 is 2.27 bits per heavy atom. The van der Waals surface area contributed by atoms with Gasteiger partial charge in [-0.1, -0.05) is 55.3 Å². The van der Waals surface area contributed by atoms with Crippen molar-refractivity contribution >= 4 is 17.4 Å². The summed E-state index contributed by atoms with van der Waals surface area (Å²) in [4.78, 5) is 12.8. The maximum atomic E-state index is 12.8. The maximum Gasteiger partial charge on any atom is 0.165 e. The van der Waals surface area contributed by atoms with Crippen LogP contribution in [0.15, 0.2) is 54.6 Å². The molecule has 1 aliphatic carbocycles. The Kier molecular flexibility index (Phi) is 4.04. The number of carbonyl (C=O) groups is 1. The summed E-state index contributed by atoms with van der Waals surface area (Å²) in [6.45, 7) is 6.41. The largest absolute Gasteiger partial charge is 0.313 e. The Morgan fingerprint density at radius 2 is 1.62 bits per heavy atom. The predicted molar refractivity (Wildman–Crippen MR) is 107 cm³/mol. The molecule has 1 aliphatic rings. The molecule has 0 N–H and O–H groups in total. The molecule has 1 aromatic heterocycles. The van der Waals surface area contributed by atoms with Gasteiger partial charge in [-0.05, 0) is 54.7 Å². The van der Waals surface area contributed by atoms with Gasteiger partial charge in [0.2, 0.25) is 0 Å². The third-order valence-corrected chi connectivity index (χ3v) is 5.37. The molecule has 0 fully saturated rings. The number of carbonyl (C=O) groups excluding carboxylic acids is 1. The van der Waals surface area contributed by atoms with Crippen molar-refractivity contribution in [3.05, 3.63) is 76.4 Å². The number of rotatable bonds is 2. The molecular formula is C23H22ClNO. The summed E-state index contributed by atoms with van der Waals surface area (Å²) in [5.41, 5.74) is 6.36. The van der Waals surface area contributed by atoms with Gasteiger partial charge in [0.05, 0.1) is 5.69 Å². The number of fused-ring (bicyclic) bond motifs is 1. The van der Waals surface area contributed by atoms with Crippen LogP contribution in [0.2, 0.25) is 5.02 Å². The quantitative estimate of drug-likeness (QED) is 0.526. The molecule has 2 aromatic carbocycles. The lowest BCUT2D eigenvalue weighted by Crippen LogP contribution is -2.27. The van der Waals surface area contributed by atoms with E-state index >= 15 is 0 Å². The molecule has 3 heteroatoms. The second-order valence-electron chi connectivity index (χ2n) is 8.01. The van der Waals surface area contributed by atoms with Crippen LogP contribution in [0.1, 0.15) is 41.9 Å².